The van der Waals surface area contributed by atoms with Crippen LogP contribution in [-0.4, -0.2) is 24.1 Å². The van der Waals surface area contributed by atoms with Crippen molar-refractivity contribution in [1.82, 2.24) is 9.97 Å². The van der Waals surface area contributed by atoms with Crippen molar-refractivity contribution >= 4 is 16.7 Å². The Morgan fingerprint density at radius 2 is 1.31 bits per heavy atom. The van der Waals surface area contributed by atoms with Gasteiger partial charge in [-0.15, -0.1) is 0 Å². The van der Waals surface area contributed by atoms with Crippen LogP contribution in [0.25, 0.3) is 10.9 Å². The second kappa shape index (κ2) is 13.2. The molecule has 0 atom stereocenters. The highest BCUT2D eigenvalue weighted by atomic mass is 15.1. The smallest absolute Gasteiger partial charge is 0.139 e. The molecule has 174 valence electrons. The molecule has 32 heavy (non-hydrogen) atoms. The first-order valence-electron chi connectivity index (χ1n) is 12.3. The molecule has 1 fully saturated rings. The number of aryl methyl sites for hydroxylation is 3. The van der Waals surface area contributed by atoms with Crippen LogP contribution in [0.3, 0.4) is 0 Å². The van der Waals surface area contributed by atoms with Crippen LogP contribution in [0, 0.1) is 18.8 Å². The minimum atomic E-state index is 0.812. The first-order chi connectivity index (χ1) is 15.3. The topological polar surface area (TPSA) is 29.0 Å². The molecule has 0 spiro atoms. The number of nitrogens with zero attached hydrogens (tertiary/aromatic N) is 3. The monoisotopic (exact) mass is 433 g/mol. The summed E-state index contributed by atoms with van der Waals surface area (Å²) in [4.78, 5) is 10.8. The van der Waals surface area contributed by atoms with Gasteiger partial charge >= 0.3 is 0 Å². The Morgan fingerprint density at radius 1 is 0.781 bits per heavy atom. The molecule has 0 aliphatic heterocycles. The van der Waals surface area contributed by atoms with E-state index < -0.39 is 0 Å². The van der Waals surface area contributed by atoms with E-state index in [4.69, 9.17) is 0 Å². The number of anilines is 1. The number of fused-ring (bicyclic) bond motifs is 1. The predicted octanol–water partition coefficient (Wildman–Crippen LogP) is 7.65. The summed E-state index contributed by atoms with van der Waals surface area (Å²) < 4.78 is 0. The lowest BCUT2D eigenvalue weighted by molar-refractivity contribution is 0.308. The lowest BCUT2D eigenvalue weighted by Gasteiger charge is -2.22. The van der Waals surface area contributed by atoms with Gasteiger partial charge in [0.1, 0.15) is 11.6 Å². The van der Waals surface area contributed by atoms with Gasteiger partial charge in [0.05, 0.1) is 5.52 Å². The van der Waals surface area contributed by atoms with E-state index in [9.17, 15) is 0 Å². The Labute approximate surface area is 196 Å². The standard InChI is InChI=1S/C11H13N3.C10H14.C8H16/c1-8-12-10-7-5-4-6-9(10)11(13-8)14(2)3;1-3-9-6-5-7-10(4-2)8-9;1-7-3-5-8(2)6-4-7/h4-7H,1-3H3;5-8H,3-4H2,1-2H3;7-8H,3-6H2,1-2H3. The molecule has 1 heterocycles. The molecule has 3 heteroatoms. The van der Waals surface area contributed by atoms with E-state index in [1.54, 1.807) is 0 Å². The highest BCUT2D eigenvalue weighted by molar-refractivity contribution is 5.89. The molecule has 1 aliphatic carbocycles. The van der Waals surface area contributed by atoms with E-state index in [1.165, 1.54) is 36.8 Å². The molecule has 1 saturated carbocycles. The van der Waals surface area contributed by atoms with Gasteiger partial charge in [0, 0.05) is 19.5 Å². The molecule has 2 aromatic carbocycles. The van der Waals surface area contributed by atoms with Crippen molar-refractivity contribution in [3.05, 3.63) is 65.5 Å². The van der Waals surface area contributed by atoms with Crippen molar-refractivity contribution in [1.29, 1.82) is 0 Å². The van der Waals surface area contributed by atoms with Gasteiger partial charge < -0.3 is 4.90 Å². The van der Waals surface area contributed by atoms with Crippen molar-refractivity contribution in [2.75, 3.05) is 19.0 Å². The van der Waals surface area contributed by atoms with E-state index >= 15 is 0 Å². The average Bonchev–Trinajstić information content (AvgIpc) is 2.81. The summed E-state index contributed by atoms with van der Waals surface area (Å²) in [6, 6.07) is 16.8. The first-order valence-corrected chi connectivity index (χ1v) is 12.3. The van der Waals surface area contributed by atoms with Crippen LogP contribution in [0.5, 0.6) is 0 Å². The summed E-state index contributed by atoms with van der Waals surface area (Å²) in [5.74, 6) is 3.83. The summed E-state index contributed by atoms with van der Waals surface area (Å²) in [6.45, 7) is 11.0. The molecular weight excluding hydrogens is 390 g/mol. The third-order valence-corrected chi connectivity index (χ3v) is 6.23. The fourth-order valence-electron chi connectivity index (χ4n) is 4.01. The maximum absolute atomic E-state index is 4.42. The Balaban J connectivity index is 0.000000178. The zero-order valence-electron chi connectivity index (χ0n) is 21.4. The molecule has 0 N–H and O–H groups in total. The summed E-state index contributed by atoms with van der Waals surface area (Å²) in [5, 5.41) is 1.10. The average molecular weight is 434 g/mol. The van der Waals surface area contributed by atoms with Gasteiger partial charge in [-0.25, -0.2) is 9.97 Å². The fraction of sp³-hybridized carbons (Fsp3) is 0.517. The van der Waals surface area contributed by atoms with Gasteiger partial charge in [-0.3, -0.25) is 0 Å². The number of aromatic nitrogens is 2. The van der Waals surface area contributed by atoms with Crippen LogP contribution < -0.4 is 4.90 Å². The normalized spacial score (nSPS) is 17.6. The molecule has 4 rings (SSSR count). The van der Waals surface area contributed by atoms with E-state index in [0.717, 1.165) is 47.2 Å². The number of hydrogen-bond acceptors (Lipinski definition) is 3. The van der Waals surface area contributed by atoms with Crippen molar-refractivity contribution in [2.45, 2.75) is 73.1 Å². The third-order valence-electron chi connectivity index (χ3n) is 6.23. The summed E-state index contributed by atoms with van der Waals surface area (Å²) in [7, 11) is 3.99. The molecule has 3 nitrogen and oxygen atoms in total. The van der Waals surface area contributed by atoms with Gasteiger partial charge in [0.25, 0.3) is 0 Å². The molecular formula is C29H43N3. The van der Waals surface area contributed by atoms with E-state index in [1.807, 2.05) is 50.2 Å². The van der Waals surface area contributed by atoms with E-state index in [2.05, 4.69) is 61.9 Å². The highest BCUT2D eigenvalue weighted by Crippen LogP contribution is 2.27. The van der Waals surface area contributed by atoms with Crippen molar-refractivity contribution < 1.29 is 0 Å². The summed E-state index contributed by atoms with van der Waals surface area (Å²) in [5.41, 5.74) is 3.89. The lowest BCUT2D eigenvalue weighted by Crippen LogP contribution is -2.12. The Kier molecular flexibility index (Phi) is 10.7. The third kappa shape index (κ3) is 8.26. The summed E-state index contributed by atoms with van der Waals surface area (Å²) in [6.07, 6.45) is 8.19. The van der Waals surface area contributed by atoms with Gasteiger partial charge in [0.15, 0.2) is 0 Å². The molecule has 3 aromatic rings. The molecule has 1 aromatic heterocycles. The first kappa shape index (κ1) is 25.8. The quantitative estimate of drug-likeness (QED) is 0.425. The van der Waals surface area contributed by atoms with Crippen LogP contribution in [-0.2, 0) is 12.8 Å². The molecule has 0 saturated heterocycles. The van der Waals surface area contributed by atoms with Crippen LogP contribution in [0.2, 0.25) is 0 Å². The van der Waals surface area contributed by atoms with Crippen LogP contribution in [0.4, 0.5) is 5.82 Å². The van der Waals surface area contributed by atoms with Crippen molar-refractivity contribution in [3.63, 3.8) is 0 Å². The summed E-state index contributed by atoms with van der Waals surface area (Å²) >= 11 is 0. The van der Waals surface area contributed by atoms with Gasteiger partial charge in [-0.2, -0.15) is 0 Å². The zero-order chi connectivity index (χ0) is 23.5. The Bertz CT molecular complexity index is 911. The van der Waals surface area contributed by atoms with E-state index in [-0.39, 0.29) is 0 Å². The fourth-order valence-corrected chi connectivity index (χ4v) is 4.01. The van der Waals surface area contributed by atoms with Crippen LogP contribution in [0.15, 0.2) is 48.5 Å². The van der Waals surface area contributed by atoms with Crippen molar-refractivity contribution in [2.24, 2.45) is 11.8 Å². The predicted molar refractivity (Wildman–Crippen MR) is 141 cm³/mol. The maximum atomic E-state index is 4.42. The van der Waals surface area contributed by atoms with Gasteiger partial charge in [-0.1, -0.05) is 89.8 Å². The largest absolute Gasteiger partial charge is 0.362 e. The second-order valence-corrected chi connectivity index (χ2v) is 9.40. The minimum Gasteiger partial charge on any atom is -0.362 e. The van der Waals surface area contributed by atoms with Crippen LogP contribution >= 0.6 is 0 Å². The van der Waals surface area contributed by atoms with Gasteiger partial charge in [0.2, 0.25) is 0 Å². The van der Waals surface area contributed by atoms with E-state index in [0.29, 0.717) is 0 Å². The Morgan fingerprint density at radius 3 is 1.81 bits per heavy atom. The van der Waals surface area contributed by atoms with Crippen molar-refractivity contribution in [3.8, 4) is 0 Å². The molecule has 0 amide bonds. The zero-order valence-corrected chi connectivity index (χ0v) is 21.4. The maximum Gasteiger partial charge on any atom is 0.139 e. The van der Waals surface area contributed by atoms with Gasteiger partial charge in [-0.05, 0) is 54.9 Å². The molecule has 0 radical (unpaired) electrons. The molecule has 0 unspecified atom stereocenters. The molecule has 1 aliphatic rings. The number of rotatable bonds is 3. The lowest BCUT2D eigenvalue weighted by atomic mass is 9.84. The number of benzene rings is 2. The molecule has 0 bridgehead atoms. The highest BCUT2D eigenvalue weighted by Gasteiger charge is 2.13. The SMILES string of the molecule is CC1CCC(C)CC1.CCc1cccc(CC)c1.Cc1nc(N(C)C)c2ccccc2n1. The second-order valence-electron chi connectivity index (χ2n) is 9.40. The number of hydrogen-bond donors (Lipinski definition) is 0. The minimum absolute atomic E-state index is 0.812. The van der Waals surface area contributed by atoms with Crippen LogP contribution in [0.1, 0.15) is 70.3 Å². The number of para-hydroxylation sites is 1. The Hall–Kier alpha value is -2.42.